The van der Waals surface area contributed by atoms with Crippen molar-refractivity contribution >= 4 is 17.6 Å². The van der Waals surface area contributed by atoms with E-state index in [-0.39, 0.29) is 5.91 Å². The molecule has 0 aliphatic heterocycles. The van der Waals surface area contributed by atoms with E-state index in [1.54, 1.807) is 24.3 Å². The van der Waals surface area contributed by atoms with Crippen LogP contribution in [0, 0.1) is 0 Å². The summed E-state index contributed by atoms with van der Waals surface area (Å²) in [5.74, 6) is -0.881. The number of carbonyl (C=O) groups excluding carboxylic acids is 2. The van der Waals surface area contributed by atoms with Gasteiger partial charge >= 0.3 is 5.97 Å². The smallest absolute Gasteiger partial charge is 0.328 e. The first-order chi connectivity index (χ1) is 9.08. The number of amides is 1. The minimum absolute atomic E-state index is 0.344. The Balaban J connectivity index is 2.72. The quantitative estimate of drug-likeness (QED) is 0.580. The Morgan fingerprint density at radius 1 is 1.37 bits per heavy atom. The number of esters is 1. The van der Waals surface area contributed by atoms with Crippen LogP contribution in [0.15, 0.2) is 24.3 Å². The molecule has 0 radical (unpaired) electrons. The van der Waals surface area contributed by atoms with E-state index in [0.717, 1.165) is 0 Å². The second-order valence-corrected chi connectivity index (χ2v) is 3.96. The Morgan fingerprint density at radius 2 is 2.11 bits per heavy atom. The maximum Gasteiger partial charge on any atom is 0.328 e. The normalized spacial score (nSPS) is 11.7. The van der Waals surface area contributed by atoms with E-state index < -0.39 is 12.0 Å². The second-order valence-electron chi connectivity index (χ2n) is 3.96. The van der Waals surface area contributed by atoms with Crippen molar-refractivity contribution in [2.45, 2.75) is 12.5 Å². The largest absolute Gasteiger partial charge is 0.467 e. The average Bonchev–Trinajstić information content (AvgIpc) is 2.42. The number of nitrogens with two attached hydrogens (primary N) is 1. The van der Waals surface area contributed by atoms with Gasteiger partial charge in [0.25, 0.3) is 5.91 Å². The molecular weight excluding hydrogens is 248 g/mol. The van der Waals surface area contributed by atoms with Crippen LogP contribution >= 0.6 is 0 Å². The van der Waals surface area contributed by atoms with Crippen LogP contribution in [-0.4, -0.2) is 38.7 Å². The highest BCUT2D eigenvalue weighted by molar-refractivity contribution is 5.97. The van der Waals surface area contributed by atoms with E-state index in [1.807, 2.05) is 0 Å². The molecule has 0 aliphatic carbocycles. The van der Waals surface area contributed by atoms with E-state index in [4.69, 9.17) is 10.5 Å². The van der Waals surface area contributed by atoms with Gasteiger partial charge < -0.3 is 20.5 Å². The molecule has 0 bridgehead atoms. The molecule has 0 heterocycles. The number of hydrogen-bond acceptors (Lipinski definition) is 5. The molecular formula is C13H18N2O4. The van der Waals surface area contributed by atoms with Gasteiger partial charge in [0.1, 0.15) is 6.04 Å². The van der Waals surface area contributed by atoms with E-state index in [1.165, 1.54) is 14.2 Å². The average molecular weight is 266 g/mol. The zero-order valence-corrected chi connectivity index (χ0v) is 11.0. The minimum Gasteiger partial charge on any atom is -0.467 e. The van der Waals surface area contributed by atoms with Crippen LogP contribution in [0.2, 0.25) is 0 Å². The van der Waals surface area contributed by atoms with Crippen molar-refractivity contribution in [3.63, 3.8) is 0 Å². The van der Waals surface area contributed by atoms with Gasteiger partial charge in [-0.1, -0.05) is 6.07 Å². The van der Waals surface area contributed by atoms with E-state index >= 15 is 0 Å². The molecule has 0 unspecified atom stereocenters. The molecule has 19 heavy (non-hydrogen) atoms. The minimum atomic E-state index is -0.737. The van der Waals surface area contributed by atoms with E-state index in [2.05, 4.69) is 10.1 Å². The standard InChI is InChI=1S/C13H18N2O4/c1-18-7-6-11(13(17)19-2)15-12(16)9-4-3-5-10(14)8-9/h3-5,8,11H,6-7,14H2,1-2H3,(H,15,16)/t11-/m1/s1. The van der Waals surface area contributed by atoms with Crippen molar-refractivity contribution in [2.75, 3.05) is 26.6 Å². The maximum absolute atomic E-state index is 12.0. The molecule has 6 nitrogen and oxygen atoms in total. The third-order valence-corrected chi connectivity index (χ3v) is 2.55. The molecule has 1 amide bonds. The van der Waals surface area contributed by atoms with Gasteiger partial charge in [0, 0.05) is 31.4 Å². The lowest BCUT2D eigenvalue weighted by Crippen LogP contribution is -2.42. The summed E-state index contributed by atoms with van der Waals surface area (Å²) in [5.41, 5.74) is 6.48. The van der Waals surface area contributed by atoms with Gasteiger partial charge in [-0.2, -0.15) is 0 Å². The van der Waals surface area contributed by atoms with Gasteiger partial charge in [-0.15, -0.1) is 0 Å². The zero-order chi connectivity index (χ0) is 14.3. The Morgan fingerprint density at radius 3 is 2.68 bits per heavy atom. The summed E-state index contributed by atoms with van der Waals surface area (Å²) >= 11 is 0. The summed E-state index contributed by atoms with van der Waals surface area (Å²) in [4.78, 5) is 23.5. The number of nitrogen functional groups attached to an aromatic ring is 1. The van der Waals surface area contributed by atoms with Crippen molar-refractivity contribution in [3.05, 3.63) is 29.8 Å². The fourth-order valence-electron chi connectivity index (χ4n) is 1.55. The molecule has 1 aromatic rings. The van der Waals surface area contributed by atoms with Crippen LogP contribution in [0.1, 0.15) is 16.8 Å². The van der Waals surface area contributed by atoms with Crippen molar-refractivity contribution in [2.24, 2.45) is 0 Å². The van der Waals surface area contributed by atoms with Crippen LogP contribution < -0.4 is 11.1 Å². The predicted molar refractivity (Wildman–Crippen MR) is 70.6 cm³/mol. The number of nitrogens with one attached hydrogen (secondary N) is 1. The van der Waals surface area contributed by atoms with Gasteiger partial charge in [-0.3, -0.25) is 4.79 Å². The lowest BCUT2D eigenvalue weighted by atomic mass is 10.1. The van der Waals surface area contributed by atoms with E-state index in [9.17, 15) is 9.59 Å². The fourth-order valence-corrected chi connectivity index (χ4v) is 1.55. The Bertz CT molecular complexity index is 448. The van der Waals surface area contributed by atoms with Crippen molar-refractivity contribution in [1.82, 2.24) is 5.32 Å². The summed E-state index contributed by atoms with van der Waals surface area (Å²) in [6.45, 7) is 0.344. The highest BCUT2D eigenvalue weighted by Crippen LogP contribution is 2.07. The van der Waals surface area contributed by atoms with Crippen LogP contribution in [0.25, 0.3) is 0 Å². The Labute approximate surface area is 111 Å². The first kappa shape index (κ1) is 15.0. The first-order valence-electron chi connectivity index (χ1n) is 5.81. The van der Waals surface area contributed by atoms with E-state index in [0.29, 0.717) is 24.3 Å². The third-order valence-electron chi connectivity index (χ3n) is 2.55. The topological polar surface area (TPSA) is 90.6 Å². The van der Waals surface area contributed by atoms with Gasteiger partial charge in [-0.05, 0) is 18.2 Å². The summed E-state index contributed by atoms with van der Waals surface area (Å²) in [7, 11) is 2.79. The predicted octanol–water partition coefficient (Wildman–Crippen LogP) is 0.577. The maximum atomic E-state index is 12.0. The zero-order valence-electron chi connectivity index (χ0n) is 11.0. The SMILES string of the molecule is COCC[C@@H](NC(=O)c1cccc(N)c1)C(=O)OC. The monoisotopic (exact) mass is 266 g/mol. The van der Waals surface area contributed by atoms with Crippen LogP contribution in [-0.2, 0) is 14.3 Å². The molecule has 1 rings (SSSR count). The summed E-state index contributed by atoms with van der Waals surface area (Å²) < 4.78 is 9.53. The highest BCUT2D eigenvalue weighted by Gasteiger charge is 2.21. The molecule has 0 saturated carbocycles. The number of methoxy groups -OCH3 is 2. The Kier molecular flexibility index (Phi) is 5.81. The van der Waals surface area contributed by atoms with Crippen LogP contribution in [0.5, 0.6) is 0 Å². The number of hydrogen-bond donors (Lipinski definition) is 2. The number of benzene rings is 1. The number of rotatable bonds is 6. The molecule has 6 heteroatoms. The van der Waals surface area contributed by atoms with Crippen molar-refractivity contribution in [3.8, 4) is 0 Å². The lowest BCUT2D eigenvalue weighted by molar-refractivity contribution is -0.143. The van der Waals surface area contributed by atoms with Gasteiger partial charge in [-0.25, -0.2) is 4.79 Å². The summed E-state index contributed by atoms with van der Waals surface area (Å²) in [6.07, 6.45) is 0.344. The second kappa shape index (κ2) is 7.38. The number of anilines is 1. The molecule has 3 N–H and O–H groups in total. The number of ether oxygens (including phenoxy) is 2. The third kappa shape index (κ3) is 4.59. The molecule has 104 valence electrons. The van der Waals surface area contributed by atoms with Crippen LogP contribution in [0.3, 0.4) is 0 Å². The molecule has 1 aromatic carbocycles. The lowest BCUT2D eigenvalue weighted by Gasteiger charge is -2.16. The van der Waals surface area contributed by atoms with Gasteiger partial charge in [0.05, 0.1) is 7.11 Å². The number of carbonyl (C=O) groups is 2. The van der Waals surface area contributed by atoms with Crippen LogP contribution in [0.4, 0.5) is 5.69 Å². The Hall–Kier alpha value is -2.08. The fraction of sp³-hybridized carbons (Fsp3) is 0.385. The van der Waals surface area contributed by atoms with Gasteiger partial charge in [0.15, 0.2) is 0 Å². The summed E-state index contributed by atoms with van der Waals surface area (Å²) in [5, 5.41) is 2.60. The molecule has 0 spiro atoms. The molecule has 0 saturated heterocycles. The molecule has 1 atom stereocenters. The van der Waals surface area contributed by atoms with Gasteiger partial charge in [0.2, 0.25) is 0 Å². The van der Waals surface area contributed by atoms with Crippen molar-refractivity contribution < 1.29 is 19.1 Å². The molecule has 0 aliphatic rings. The molecule has 0 fully saturated rings. The molecule has 0 aromatic heterocycles. The van der Waals surface area contributed by atoms with Crippen molar-refractivity contribution in [1.29, 1.82) is 0 Å². The highest BCUT2D eigenvalue weighted by atomic mass is 16.5. The summed E-state index contributed by atoms with van der Waals surface area (Å²) in [6, 6.07) is 5.78. The first-order valence-corrected chi connectivity index (χ1v) is 5.81.